The first-order valence-electron chi connectivity index (χ1n) is 17.2. The molecule has 2 aromatic heterocycles. The number of aliphatic imine (C=N–C) groups is 1. The first-order chi connectivity index (χ1) is 24.2. The minimum Gasteiger partial charge on any atom is -0.493 e. The van der Waals surface area contributed by atoms with Gasteiger partial charge in [0, 0.05) is 70.7 Å². The lowest BCUT2D eigenvalue weighted by atomic mass is 9.71. The largest absolute Gasteiger partial charge is 0.493 e. The second-order valence-electron chi connectivity index (χ2n) is 14.4. The molecular formula is C39H44Cl2N6O3S. The Morgan fingerprint density at radius 3 is 2.06 bits per heavy atom. The van der Waals surface area contributed by atoms with Crippen molar-refractivity contribution in [3.05, 3.63) is 109 Å². The van der Waals surface area contributed by atoms with Crippen LogP contribution in [-0.2, 0) is 27.7 Å². The van der Waals surface area contributed by atoms with E-state index in [9.17, 15) is 4.79 Å². The number of halogens is 2. The number of thiazole rings is 1. The molecule has 3 amide bonds. The highest BCUT2D eigenvalue weighted by atomic mass is 35.5. The van der Waals surface area contributed by atoms with Crippen molar-refractivity contribution in [2.75, 3.05) is 32.8 Å². The maximum Gasteiger partial charge on any atom is 0.326 e. The number of carbonyl (C=O) groups excluding carboxylic acids is 2. The molecule has 4 aromatic rings. The highest BCUT2D eigenvalue weighted by Crippen LogP contribution is 2.54. The predicted octanol–water partition coefficient (Wildman–Crippen LogP) is 8.25. The lowest BCUT2D eigenvalue weighted by Crippen LogP contribution is -2.61. The Morgan fingerprint density at radius 1 is 0.922 bits per heavy atom. The molecule has 2 aliphatic heterocycles. The van der Waals surface area contributed by atoms with Crippen molar-refractivity contribution in [3.8, 4) is 5.75 Å². The van der Waals surface area contributed by atoms with Crippen LogP contribution in [0.1, 0.15) is 74.6 Å². The monoisotopic (exact) mass is 746 g/mol. The zero-order valence-electron chi connectivity index (χ0n) is 30.2. The summed E-state index contributed by atoms with van der Waals surface area (Å²) in [5.41, 5.74) is 1.83. The molecule has 0 bridgehead atoms. The molecule has 2 aliphatic rings. The summed E-state index contributed by atoms with van der Waals surface area (Å²) in [6.45, 7) is 16.2. The van der Waals surface area contributed by atoms with Crippen LogP contribution in [0.4, 0.5) is 4.79 Å². The highest BCUT2D eigenvalue weighted by molar-refractivity contribution is 7.09. The van der Waals surface area contributed by atoms with Gasteiger partial charge in [0.2, 0.25) is 5.91 Å². The number of rotatable bonds is 7. The summed E-state index contributed by atoms with van der Waals surface area (Å²) in [5, 5.41) is 3.93. The fourth-order valence-corrected chi connectivity index (χ4v) is 7.89. The number of ether oxygens (including phenoxy) is 1. The van der Waals surface area contributed by atoms with Crippen LogP contribution < -0.4 is 4.74 Å². The number of hydrogen-bond acceptors (Lipinski definition) is 7. The normalized spacial score (nSPS) is 20.8. The van der Waals surface area contributed by atoms with E-state index in [1.165, 1.54) is 11.3 Å². The summed E-state index contributed by atoms with van der Waals surface area (Å²) < 4.78 is 6.27. The number of benzene rings is 2. The van der Waals surface area contributed by atoms with Crippen LogP contribution in [0.3, 0.4) is 0 Å². The van der Waals surface area contributed by atoms with E-state index in [0.717, 1.165) is 27.5 Å². The Bertz CT molecular complexity index is 1950. The molecule has 51 heavy (non-hydrogen) atoms. The number of carbonyl (C=O) groups is 2. The first kappa shape index (κ1) is 36.8. The lowest BCUT2D eigenvalue weighted by Gasteiger charge is -2.47. The van der Waals surface area contributed by atoms with E-state index in [0.29, 0.717) is 60.0 Å². The summed E-state index contributed by atoms with van der Waals surface area (Å²) in [5.74, 6) is 1.05. The van der Waals surface area contributed by atoms with Crippen molar-refractivity contribution in [3.63, 3.8) is 0 Å². The highest BCUT2D eigenvalue weighted by Gasteiger charge is 2.60. The molecule has 2 atom stereocenters. The first-order valence-corrected chi connectivity index (χ1v) is 18.8. The third kappa shape index (κ3) is 6.98. The second kappa shape index (κ2) is 14.2. The second-order valence-corrected chi connectivity index (χ2v) is 16.2. The molecule has 2 aromatic carbocycles. The molecule has 0 unspecified atom stereocenters. The van der Waals surface area contributed by atoms with Crippen molar-refractivity contribution in [2.45, 2.75) is 71.4 Å². The van der Waals surface area contributed by atoms with Crippen LogP contribution in [0.5, 0.6) is 5.75 Å². The number of nitrogens with zero attached hydrogens (tertiary/aromatic N) is 6. The number of pyridine rings is 1. The zero-order chi connectivity index (χ0) is 36.7. The molecule has 0 spiro atoms. The number of amidine groups is 1. The van der Waals surface area contributed by atoms with Crippen LogP contribution in [0.25, 0.3) is 0 Å². The summed E-state index contributed by atoms with van der Waals surface area (Å²) >= 11 is 14.3. The lowest BCUT2D eigenvalue weighted by molar-refractivity contribution is -0.131. The third-order valence-corrected chi connectivity index (χ3v) is 11.5. The van der Waals surface area contributed by atoms with E-state index in [2.05, 4.69) is 25.8 Å². The van der Waals surface area contributed by atoms with Crippen LogP contribution in [0, 0.1) is 6.92 Å². The van der Waals surface area contributed by atoms with Gasteiger partial charge in [0.05, 0.1) is 18.6 Å². The van der Waals surface area contributed by atoms with Crippen molar-refractivity contribution >= 4 is 52.3 Å². The van der Waals surface area contributed by atoms with Crippen LogP contribution in [-0.4, -0.2) is 75.2 Å². The van der Waals surface area contributed by atoms with Crippen LogP contribution >= 0.6 is 34.5 Å². The van der Waals surface area contributed by atoms with Gasteiger partial charge in [-0.3, -0.25) is 19.7 Å². The Balaban J connectivity index is 1.46. The predicted molar refractivity (Wildman–Crippen MR) is 204 cm³/mol. The topological polar surface area (TPSA) is 91.2 Å². The number of hydrogen-bond donors (Lipinski definition) is 0. The van der Waals surface area contributed by atoms with E-state index in [1.807, 2.05) is 97.5 Å². The smallest absolute Gasteiger partial charge is 0.326 e. The quantitative estimate of drug-likeness (QED) is 0.190. The molecule has 12 heteroatoms. The van der Waals surface area contributed by atoms with Crippen LogP contribution in [0.15, 0.2) is 71.2 Å². The van der Waals surface area contributed by atoms with E-state index >= 15 is 4.79 Å². The van der Waals surface area contributed by atoms with Gasteiger partial charge in [-0.2, -0.15) is 0 Å². The maximum atomic E-state index is 15.2. The molecule has 0 radical (unpaired) electrons. The average molecular weight is 748 g/mol. The number of amides is 3. The van der Waals surface area contributed by atoms with Gasteiger partial charge in [0.15, 0.2) is 0 Å². The molecular weight excluding hydrogens is 703 g/mol. The molecule has 4 heterocycles. The average Bonchev–Trinajstić information content (AvgIpc) is 3.62. The summed E-state index contributed by atoms with van der Waals surface area (Å²) in [4.78, 5) is 48.7. The maximum absolute atomic E-state index is 15.2. The van der Waals surface area contributed by atoms with Gasteiger partial charge in [0.25, 0.3) is 0 Å². The third-order valence-electron chi connectivity index (χ3n) is 9.99. The SMILES string of the molecule is CCOc1cc(C(C)(C)C)ncc1C1=N[C@@](C)(c2ccc(Cl)cc2)[C@@](C)(c2ccc(Cl)cc2)N1C(=O)N1CCN(C(=O)Cc2nc(C)cs2)CC1. The standard InChI is InChI=1S/C39H44Cl2N6O3S/c1-8-50-31-21-32(37(3,4)5)42-23-30(31)35-44-38(6,26-9-13-28(40)14-10-26)39(7,27-11-15-29(41)16-12-27)47(35)36(49)46-19-17-45(18-20-46)34(48)22-33-43-25(2)24-51-33/h9-16,21,23-24H,8,17-20,22H2,1-7H3/t38-,39+/m0/s1. The summed E-state index contributed by atoms with van der Waals surface area (Å²) in [7, 11) is 0. The van der Waals surface area contributed by atoms with Gasteiger partial charge in [-0.15, -0.1) is 11.3 Å². The fourth-order valence-electron chi connectivity index (χ4n) is 6.87. The van der Waals surface area contributed by atoms with Crippen molar-refractivity contribution in [1.29, 1.82) is 0 Å². The fraction of sp³-hybridized carbons (Fsp3) is 0.410. The van der Waals surface area contributed by atoms with Gasteiger partial charge in [-0.25, -0.2) is 9.78 Å². The van der Waals surface area contributed by atoms with Crippen molar-refractivity contribution < 1.29 is 14.3 Å². The minimum absolute atomic E-state index is 0.00700. The summed E-state index contributed by atoms with van der Waals surface area (Å²) in [6, 6.07) is 16.9. The van der Waals surface area contributed by atoms with E-state index in [-0.39, 0.29) is 23.8 Å². The van der Waals surface area contributed by atoms with Gasteiger partial charge in [0.1, 0.15) is 27.7 Å². The Labute approximate surface area is 314 Å². The number of piperazine rings is 1. The molecule has 9 nitrogen and oxygen atoms in total. The van der Waals surface area contributed by atoms with Gasteiger partial charge >= 0.3 is 6.03 Å². The zero-order valence-corrected chi connectivity index (χ0v) is 32.5. The van der Waals surface area contributed by atoms with Crippen molar-refractivity contribution in [1.82, 2.24) is 24.7 Å². The Hall–Kier alpha value is -3.99. The number of urea groups is 1. The Kier molecular flexibility index (Phi) is 10.2. The summed E-state index contributed by atoms with van der Waals surface area (Å²) in [6.07, 6.45) is 2.03. The minimum atomic E-state index is -1.06. The molecule has 1 saturated heterocycles. The van der Waals surface area contributed by atoms with E-state index in [4.69, 9.17) is 37.9 Å². The molecule has 0 N–H and O–H groups in total. The van der Waals surface area contributed by atoms with Crippen LogP contribution in [0.2, 0.25) is 10.0 Å². The molecule has 0 saturated carbocycles. The molecule has 1 fully saturated rings. The van der Waals surface area contributed by atoms with Gasteiger partial charge in [-0.1, -0.05) is 68.2 Å². The Morgan fingerprint density at radius 2 is 1.51 bits per heavy atom. The number of aryl methyl sites for hydroxylation is 1. The molecule has 6 rings (SSSR count). The van der Waals surface area contributed by atoms with E-state index in [1.54, 1.807) is 11.1 Å². The van der Waals surface area contributed by atoms with E-state index < -0.39 is 11.1 Å². The molecule has 0 aliphatic carbocycles. The van der Waals surface area contributed by atoms with Gasteiger partial charge in [-0.05, 0) is 63.1 Å². The number of aromatic nitrogens is 2. The molecule has 268 valence electrons. The van der Waals surface area contributed by atoms with Gasteiger partial charge < -0.3 is 14.5 Å². The van der Waals surface area contributed by atoms with Crippen molar-refractivity contribution in [2.24, 2.45) is 4.99 Å².